The minimum Gasteiger partial charge on any atom is -0.411 e. The molecule has 1 aliphatic heterocycles. The summed E-state index contributed by atoms with van der Waals surface area (Å²) in [5.74, 6) is 0. The van der Waals surface area contributed by atoms with Crippen molar-refractivity contribution in [3.63, 3.8) is 0 Å². The number of hydrogen-bond acceptors (Lipinski definition) is 2. The number of ether oxygens (including phenoxy) is 1. The highest BCUT2D eigenvalue weighted by Crippen LogP contribution is 2.40. The summed E-state index contributed by atoms with van der Waals surface area (Å²) in [6.07, 6.45) is 22.5. The van der Waals surface area contributed by atoms with E-state index in [2.05, 4.69) is 47.7 Å². The van der Waals surface area contributed by atoms with Crippen molar-refractivity contribution in [2.24, 2.45) is 0 Å². The first-order valence-electron chi connectivity index (χ1n) is 13.5. The highest BCUT2D eigenvalue weighted by molar-refractivity contribution is 6.74. The Bertz CT molecular complexity index is 416. The lowest BCUT2D eigenvalue weighted by Gasteiger charge is -2.41. The molecular weight excluding hydrogens is 384 g/mol. The molecule has 0 aliphatic carbocycles. The molecule has 0 aromatic rings. The molecule has 1 fully saturated rings. The smallest absolute Gasteiger partial charge is 0.192 e. The van der Waals surface area contributed by atoms with Crippen molar-refractivity contribution < 1.29 is 9.16 Å². The van der Waals surface area contributed by atoms with E-state index in [1.54, 1.807) is 0 Å². The molecule has 0 aromatic carbocycles. The summed E-state index contributed by atoms with van der Waals surface area (Å²) >= 11 is 0. The Morgan fingerprint density at radius 3 is 1.87 bits per heavy atom. The molecule has 1 saturated heterocycles. The van der Waals surface area contributed by atoms with E-state index >= 15 is 0 Å². The summed E-state index contributed by atoms with van der Waals surface area (Å²) in [5, 5.41) is 0.267. The number of rotatable bonds is 17. The Hall–Kier alpha value is 0.137. The molecule has 3 heteroatoms. The average molecular weight is 441 g/mol. The Kier molecular flexibility index (Phi) is 14.1. The van der Waals surface area contributed by atoms with Crippen LogP contribution >= 0.6 is 0 Å². The van der Waals surface area contributed by atoms with Gasteiger partial charge in [-0.25, -0.2) is 0 Å². The van der Waals surface area contributed by atoms with E-state index in [9.17, 15) is 0 Å². The fraction of sp³-hybridized carbons (Fsp3) is 1.00. The van der Waals surface area contributed by atoms with Gasteiger partial charge in [0.25, 0.3) is 0 Å². The fourth-order valence-electron chi connectivity index (χ4n) is 4.36. The van der Waals surface area contributed by atoms with Gasteiger partial charge in [-0.3, -0.25) is 0 Å². The standard InChI is InChI=1S/C27H56O2Si/c1-8-10-12-13-14-15-16-17-18-19-21-26(29-30(6,7)27(3,4)5)25-23-22-24(28-25)20-11-9-2/h24-26H,8-23H2,1-7H3/t24?,25-,26-/m0/s1. The first-order chi connectivity index (χ1) is 14.2. The van der Waals surface area contributed by atoms with Gasteiger partial charge in [0, 0.05) is 0 Å². The van der Waals surface area contributed by atoms with Crippen LogP contribution in [-0.2, 0) is 9.16 Å². The Morgan fingerprint density at radius 2 is 1.33 bits per heavy atom. The molecule has 1 heterocycles. The fourth-order valence-corrected chi connectivity index (χ4v) is 5.74. The Balaban J connectivity index is 2.41. The van der Waals surface area contributed by atoms with Crippen molar-refractivity contribution in [2.45, 2.75) is 174 Å². The molecule has 0 saturated carbocycles. The molecule has 1 unspecified atom stereocenters. The largest absolute Gasteiger partial charge is 0.411 e. The van der Waals surface area contributed by atoms with Gasteiger partial charge in [0.1, 0.15) is 0 Å². The van der Waals surface area contributed by atoms with Crippen LogP contribution in [0.15, 0.2) is 0 Å². The van der Waals surface area contributed by atoms with Gasteiger partial charge in [0.05, 0.1) is 18.3 Å². The normalized spacial score (nSPS) is 21.3. The molecule has 0 N–H and O–H groups in total. The molecule has 30 heavy (non-hydrogen) atoms. The zero-order chi connectivity index (χ0) is 22.5. The van der Waals surface area contributed by atoms with E-state index in [-0.39, 0.29) is 5.04 Å². The topological polar surface area (TPSA) is 18.5 Å². The van der Waals surface area contributed by atoms with Crippen LogP contribution in [0.25, 0.3) is 0 Å². The maximum Gasteiger partial charge on any atom is 0.192 e. The lowest BCUT2D eigenvalue weighted by molar-refractivity contribution is -0.0345. The predicted octanol–water partition coefficient (Wildman–Crippen LogP) is 9.43. The molecule has 180 valence electrons. The number of unbranched alkanes of at least 4 members (excludes halogenated alkanes) is 10. The van der Waals surface area contributed by atoms with Gasteiger partial charge < -0.3 is 9.16 Å². The third-order valence-electron chi connectivity index (χ3n) is 7.53. The van der Waals surface area contributed by atoms with Gasteiger partial charge in [-0.1, -0.05) is 112 Å². The van der Waals surface area contributed by atoms with E-state index in [1.165, 1.54) is 103 Å². The maximum atomic E-state index is 6.94. The van der Waals surface area contributed by atoms with Crippen LogP contribution in [0.3, 0.4) is 0 Å². The first kappa shape index (κ1) is 28.2. The van der Waals surface area contributed by atoms with E-state index < -0.39 is 8.32 Å². The minimum absolute atomic E-state index is 0.267. The maximum absolute atomic E-state index is 6.94. The zero-order valence-corrected chi connectivity index (χ0v) is 22.9. The molecule has 3 atom stereocenters. The van der Waals surface area contributed by atoms with Gasteiger partial charge in [-0.15, -0.1) is 0 Å². The van der Waals surface area contributed by atoms with Gasteiger partial charge >= 0.3 is 0 Å². The van der Waals surface area contributed by atoms with Crippen LogP contribution in [0.1, 0.15) is 137 Å². The Labute approximate surface area is 191 Å². The van der Waals surface area contributed by atoms with E-state index in [0.29, 0.717) is 18.3 Å². The van der Waals surface area contributed by atoms with Crippen molar-refractivity contribution in [2.75, 3.05) is 0 Å². The van der Waals surface area contributed by atoms with E-state index in [0.717, 1.165) is 0 Å². The van der Waals surface area contributed by atoms with Crippen LogP contribution < -0.4 is 0 Å². The summed E-state index contributed by atoms with van der Waals surface area (Å²) in [5.41, 5.74) is 0. The molecule has 0 amide bonds. The highest BCUT2D eigenvalue weighted by Gasteiger charge is 2.42. The van der Waals surface area contributed by atoms with Gasteiger partial charge in [-0.2, -0.15) is 0 Å². The molecule has 0 spiro atoms. The van der Waals surface area contributed by atoms with Gasteiger partial charge in [-0.05, 0) is 43.8 Å². The molecule has 0 bridgehead atoms. The average Bonchev–Trinajstić information content (AvgIpc) is 3.14. The third kappa shape index (κ3) is 11.1. The van der Waals surface area contributed by atoms with Crippen molar-refractivity contribution in [3.8, 4) is 0 Å². The SMILES string of the molecule is CCCCCCCCCCCC[C@H](O[Si](C)(C)C(C)(C)C)[C@@H]1CCC(CCCC)O1. The quantitative estimate of drug-likeness (QED) is 0.165. The summed E-state index contributed by atoms with van der Waals surface area (Å²) in [7, 11) is -1.76. The van der Waals surface area contributed by atoms with Crippen molar-refractivity contribution >= 4 is 8.32 Å². The second-order valence-electron chi connectivity index (χ2n) is 11.4. The number of hydrogen-bond donors (Lipinski definition) is 0. The summed E-state index contributed by atoms with van der Waals surface area (Å²) in [6, 6.07) is 0. The molecule has 2 nitrogen and oxygen atoms in total. The second kappa shape index (κ2) is 15.1. The van der Waals surface area contributed by atoms with E-state index in [4.69, 9.17) is 9.16 Å². The van der Waals surface area contributed by atoms with Crippen molar-refractivity contribution in [1.82, 2.24) is 0 Å². The second-order valence-corrected chi connectivity index (χ2v) is 16.2. The van der Waals surface area contributed by atoms with Crippen LogP contribution in [-0.4, -0.2) is 26.6 Å². The van der Waals surface area contributed by atoms with Crippen LogP contribution in [0.2, 0.25) is 18.1 Å². The molecule has 1 rings (SSSR count). The van der Waals surface area contributed by atoms with E-state index in [1.807, 2.05) is 0 Å². The van der Waals surface area contributed by atoms with Crippen LogP contribution in [0.5, 0.6) is 0 Å². The molecule has 1 aliphatic rings. The highest BCUT2D eigenvalue weighted by atomic mass is 28.4. The predicted molar refractivity (Wildman–Crippen MR) is 136 cm³/mol. The van der Waals surface area contributed by atoms with Crippen molar-refractivity contribution in [3.05, 3.63) is 0 Å². The van der Waals surface area contributed by atoms with Crippen molar-refractivity contribution in [1.29, 1.82) is 0 Å². The molecular formula is C27H56O2Si. The summed E-state index contributed by atoms with van der Waals surface area (Å²) in [4.78, 5) is 0. The monoisotopic (exact) mass is 440 g/mol. The van der Waals surface area contributed by atoms with Crippen LogP contribution in [0.4, 0.5) is 0 Å². The Morgan fingerprint density at radius 1 is 0.800 bits per heavy atom. The third-order valence-corrected chi connectivity index (χ3v) is 12.0. The molecule has 0 aromatic heterocycles. The van der Waals surface area contributed by atoms with Gasteiger partial charge in [0.15, 0.2) is 8.32 Å². The lowest BCUT2D eigenvalue weighted by Crippen LogP contribution is -2.47. The summed E-state index contributed by atoms with van der Waals surface area (Å²) in [6.45, 7) is 16.5. The first-order valence-corrected chi connectivity index (χ1v) is 16.5. The van der Waals surface area contributed by atoms with Crippen LogP contribution in [0, 0.1) is 0 Å². The van der Waals surface area contributed by atoms with Gasteiger partial charge in [0.2, 0.25) is 0 Å². The minimum atomic E-state index is -1.76. The summed E-state index contributed by atoms with van der Waals surface area (Å²) < 4.78 is 13.5. The molecule has 0 radical (unpaired) electrons. The zero-order valence-electron chi connectivity index (χ0n) is 21.9. The lowest BCUT2D eigenvalue weighted by atomic mass is 10.0.